The predicted molar refractivity (Wildman–Crippen MR) is 75.3 cm³/mol. The molecule has 2 amide bonds. The molecular weight excluding hydrogens is 246 g/mol. The Kier molecular flexibility index (Phi) is 8.95. The average Bonchev–Trinajstić information content (AvgIpc) is 2.33. The van der Waals surface area contributed by atoms with Crippen molar-refractivity contribution in [2.45, 2.75) is 39.2 Å². The van der Waals surface area contributed by atoms with Crippen LogP contribution in [0.5, 0.6) is 0 Å². The van der Waals surface area contributed by atoms with E-state index < -0.39 is 5.97 Å². The van der Waals surface area contributed by atoms with E-state index in [-0.39, 0.29) is 12.5 Å². The fraction of sp³-hybridized carbons (Fsp3) is 0.846. The molecule has 0 atom stereocenters. The molecule has 6 heteroatoms. The number of aliphatic carboxylic acids is 1. The number of nitrogens with one attached hydrogen (secondary N) is 1. The van der Waals surface area contributed by atoms with Crippen LogP contribution in [0.25, 0.3) is 0 Å². The van der Waals surface area contributed by atoms with Crippen LogP contribution in [0.15, 0.2) is 0 Å². The molecule has 0 aromatic carbocycles. The number of carboxylic acids is 1. The van der Waals surface area contributed by atoms with Gasteiger partial charge in [0.2, 0.25) is 0 Å². The SMILES string of the molecule is CC(C)N(C)CCCNC(=O)N(C)CCCC(=O)O. The van der Waals surface area contributed by atoms with Crippen LogP contribution in [0.2, 0.25) is 0 Å². The Morgan fingerprint density at radius 2 is 1.79 bits per heavy atom. The lowest BCUT2D eigenvalue weighted by Crippen LogP contribution is -2.39. The van der Waals surface area contributed by atoms with Gasteiger partial charge in [0.25, 0.3) is 0 Å². The van der Waals surface area contributed by atoms with E-state index in [1.54, 1.807) is 7.05 Å². The molecule has 0 bridgehead atoms. The number of hydrogen-bond donors (Lipinski definition) is 2. The Bertz CT molecular complexity index is 282. The summed E-state index contributed by atoms with van der Waals surface area (Å²) in [5, 5.41) is 11.3. The lowest BCUT2D eigenvalue weighted by atomic mass is 10.3. The zero-order valence-electron chi connectivity index (χ0n) is 12.5. The van der Waals surface area contributed by atoms with Crippen molar-refractivity contribution in [3.63, 3.8) is 0 Å². The van der Waals surface area contributed by atoms with Gasteiger partial charge in [-0.25, -0.2) is 4.79 Å². The van der Waals surface area contributed by atoms with Crippen LogP contribution in [-0.4, -0.2) is 66.7 Å². The van der Waals surface area contributed by atoms with Gasteiger partial charge in [0.05, 0.1) is 0 Å². The van der Waals surface area contributed by atoms with Gasteiger partial charge in [-0.3, -0.25) is 4.79 Å². The van der Waals surface area contributed by atoms with Crippen LogP contribution >= 0.6 is 0 Å². The molecule has 0 aromatic heterocycles. The Hall–Kier alpha value is -1.30. The molecule has 0 fully saturated rings. The number of nitrogens with zero attached hydrogens (tertiary/aromatic N) is 2. The van der Waals surface area contributed by atoms with Crippen molar-refractivity contribution < 1.29 is 14.7 Å². The molecule has 19 heavy (non-hydrogen) atoms. The van der Waals surface area contributed by atoms with E-state index in [1.807, 2.05) is 0 Å². The highest BCUT2D eigenvalue weighted by Gasteiger charge is 2.08. The van der Waals surface area contributed by atoms with Crippen molar-refractivity contribution in [2.75, 3.05) is 33.7 Å². The van der Waals surface area contributed by atoms with E-state index in [1.165, 1.54) is 4.90 Å². The molecule has 0 aromatic rings. The maximum Gasteiger partial charge on any atom is 0.317 e. The van der Waals surface area contributed by atoms with Crippen molar-refractivity contribution >= 4 is 12.0 Å². The van der Waals surface area contributed by atoms with Gasteiger partial charge >= 0.3 is 12.0 Å². The molecule has 0 unspecified atom stereocenters. The first-order valence-corrected chi connectivity index (χ1v) is 6.75. The van der Waals surface area contributed by atoms with Gasteiger partial charge in [-0.2, -0.15) is 0 Å². The molecule has 2 N–H and O–H groups in total. The van der Waals surface area contributed by atoms with E-state index in [4.69, 9.17) is 5.11 Å². The number of urea groups is 1. The van der Waals surface area contributed by atoms with Crippen LogP contribution in [0, 0.1) is 0 Å². The summed E-state index contributed by atoms with van der Waals surface area (Å²) < 4.78 is 0. The fourth-order valence-electron chi connectivity index (χ4n) is 1.49. The summed E-state index contributed by atoms with van der Waals surface area (Å²) >= 11 is 0. The van der Waals surface area contributed by atoms with Gasteiger partial charge in [-0.15, -0.1) is 0 Å². The minimum Gasteiger partial charge on any atom is -0.481 e. The highest BCUT2D eigenvalue weighted by molar-refractivity contribution is 5.73. The zero-order chi connectivity index (χ0) is 14.8. The van der Waals surface area contributed by atoms with Gasteiger partial charge in [0.15, 0.2) is 0 Å². The number of carboxylic acid groups (broad SMARTS) is 1. The minimum atomic E-state index is -0.828. The average molecular weight is 273 g/mol. The maximum atomic E-state index is 11.7. The molecule has 0 heterocycles. The number of amides is 2. The van der Waals surface area contributed by atoms with E-state index in [9.17, 15) is 9.59 Å². The van der Waals surface area contributed by atoms with Crippen LogP contribution in [0.3, 0.4) is 0 Å². The summed E-state index contributed by atoms with van der Waals surface area (Å²) in [5.74, 6) is -0.828. The summed E-state index contributed by atoms with van der Waals surface area (Å²) in [6, 6.07) is 0.368. The third-order valence-electron chi connectivity index (χ3n) is 3.08. The summed E-state index contributed by atoms with van der Waals surface area (Å²) in [7, 11) is 3.74. The Morgan fingerprint density at radius 3 is 2.32 bits per heavy atom. The number of carbonyl (C=O) groups excluding carboxylic acids is 1. The third kappa shape index (κ3) is 9.30. The second-order valence-electron chi connectivity index (χ2n) is 5.08. The first-order valence-electron chi connectivity index (χ1n) is 6.75. The standard InChI is InChI=1S/C13H27N3O3/c1-11(2)15(3)10-6-8-14-13(19)16(4)9-5-7-12(17)18/h11H,5-10H2,1-4H3,(H,14,19)(H,17,18). The first kappa shape index (κ1) is 17.7. The molecular formula is C13H27N3O3. The molecule has 0 radical (unpaired) electrons. The normalized spacial score (nSPS) is 10.8. The lowest BCUT2D eigenvalue weighted by molar-refractivity contribution is -0.137. The smallest absolute Gasteiger partial charge is 0.317 e. The number of rotatable bonds is 9. The van der Waals surface area contributed by atoms with E-state index in [0.717, 1.165) is 13.0 Å². The molecule has 0 saturated carbocycles. The molecule has 112 valence electrons. The van der Waals surface area contributed by atoms with E-state index >= 15 is 0 Å². The van der Waals surface area contributed by atoms with Crippen molar-refractivity contribution in [1.29, 1.82) is 0 Å². The second-order valence-corrected chi connectivity index (χ2v) is 5.08. The summed E-state index contributed by atoms with van der Waals surface area (Å²) in [6.07, 6.45) is 1.48. The molecule has 0 spiro atoms. The third-order valence-corrected chi connectivity index (χ3v) is 3.08. The predicted octanol–water partition coefficient (Wildman–Crippen LogP) is 1.22. The van der Waals surface area contributed by atoms with Crippen LogP contribution in [-0.2, 0) is 4.79 Å². The molecule has 0 aliphatic carbocycles. The first-order chi connectivity index (χ1) is 8.84. The lowest BCUT2D eigenvalue weighted by Gasteiger charge is -2.21. The Labute approximate surface area is 115 Å². The van der Waals surface area contributed by atoms with Crippen molar-refractivity contribution in [2.24, 2.45) is 0 Å². The van der Waals surface area contributed by atoms with Gasteiger partial charge < -0.3 is 20.2 Å². The van der Waals surface area contributed by atoms with Gasteiger partial charge in [0, 0.05) is 32.6 Å². The van der Waals surface area contributed by atoms with Crippen molar-refractivity contribution in [3.8, 4) is 0 Å². The minimum absolute atomic E-state index is 0.0941. The van der Waals surface area contributed by atoms with Crippen LogP contribution in [0.1, 0.15) is 33.1 Å². The van der Waals surface area contributed by atoms with Crippen molar-refractivity contribution in [1.82, 2.24) is 15.1 Å². The highest BCUT2D eigenvalue weighted by Crippen LogP contribution is 1.96. The quantitative estimate of drug-likeness (QED) is 0.620. The number of hydrogen-bond acceptors (Lipinski definition) is 3. The zero-order valence-corrected chi connectivity index (χ0v) is 12.5. The molecule has 0 rings (SSSR count). The topological polar surface area (TPSA) is 72.9 Å². The summed E-state index contributed by atoms with van der Waals surface area (Å²) in [5.41, 5.74) is 0. The number of carbonyl (C=O) groups is 2. The van der Waals surface area contributed by atoms with E-state index in [0.29, 0.717) is 25.6 Å². The van der Waals surface area contributed by atoms with E-state index in [2.05, 4.69) is 31.1 Å². The van der Waals surface area contributed by atoms with Crippen molar-refractivity contribution in [3.05, 3.63) is 0 Å². The molecule has 6 nitrogen and oxygen atoms in total. The van der Waals surface area contributed by atoms with Gasteiger partial charge in [-0.1, -0.05) is 0 Å². The van der Waals surface area contributed by atoms with Crippen LogP contribution in [0.4, 0.5) is 4.79 Å². The largest absolute Gasteiger partial charge is 0.481 e. The Balaban J connectivity index is 3.65. The molecule has 0 aliphatic rings. The summed E-state index contributed by atoms with van der Waals surface area (Å²) in [6.45, 7) is 6.31. The second kappa shape index (κ2) is 9.61. The monoisotopic (exact) mass is 273 g/mol. The Morgan fingerprint density at radius 1 is 1.16 bits per heavy atom. The molecule has 0 saturated heterocycles. The maximum absolute atomic E-state index is 11.7. The van der Waals surface area contributed by atoms with Gasteiger partial charge in [0.1, 0.15) is 0 Å². The summed E-state index contributed by atoms with van der Waals surface area (Å²) in [4.78, 5) is 25.8. The van der Waals surface area contributed by atoms with Crippen LogP contribution < -0.4 is 5.32 Å². The van der Waals surface area contributed by atoms with Gasteiger partial charge in [-0.05, 0) is 40.3 Å². The highest BCUT2D eigenvalue weighted by atomic mass is 16.4. The fourth-order valence-corrected chi connectivity index (χ4v) is 1.49. The molecule has 0 aliphatic heterocycles.